The van der Waals surface area contributed by atoms with Gasteiger partial charge in [-0.3, -0.25) is 4.79 Å². The van der Waals surface area contributed by atoms with Crippen LogP contribution in [0.25, 0.3) is 11.1 Å². The average molecular weight is 390 g/mol. The summed E-state index contributed by atoms with van der Waals surface area (Å²) in [6.45, 7) is 4.20. The molecule has 3 aromatic rings. The van der Waals surface area contributed by atoms with E-state index in [4.69, 9.17) is 0 Å². The Morgan fingerprint density at radius 3 is 2.03 bits per heavy atom. The predicted octanol–water partition coefficient (Wildman–Crippen LogP) is 5.94. The second kappa shape index (κ2) is 7.00. The highest BCUT2D eigenvalue weighted by atomic mass is 16.3. The molecule has 0 amide bonds. The fourth-order valence-corrected chi connectivity index (χ4v) is 4.48. The van der Waals surface area contributed by atoms with Gasteiger partial charge in [0.25, 0.3) is 0 Å². The third-order valence-electron chi connectivity index (χ3n) is 5.91. The smallest absolute Gasteiger partial charge is 0.186 e. The first-order valence-electron chi connectivity index (χ1n) is 10.2. The van der Waals surface area contributed by atoms with E-state index >= 15 is 0 Å². The van der Waals surface area contributed by atoms with Crippen molar-refractivity contribution < 1.29 is 9.90 Å². The van der Waals surface area contributed by atoms with Crippen molar-refractivity contribution in [3.63, 3.8) is 0 Å². The molecule has 0 atom stereocenters. The van der Waals surface area contributed by atoms with E-state index in [1.165, 1.54) is 22.3 Å². The van der Waals surface area contributed by atoms with Crippen LogP contribution >= 0.6 is 0 Å². The number of carbonyl (C=O) groups excluding carboxylic acids is 1. The molecule has 0 radical (unpaired) electrons. The number of hydrogen-bond donors (Lipinski definition) is 1. The molecule has 2 aliphatic carbocycles. The van der Waals surface area contributed by atoms with Crippen molar-refractivity contribution in [2.45, 2.75) is 20.3 Å². The molecule has 0 unspecified atom stereocenters. The molecule has 0 spiro atoms. The van der Waals surface area contributed by atoms with Gasteiger partial charge in [-0.15, -0.1) is 0 Å². The molecule has 0 aromatic heterocycles. The summed E-state index contributed by atoms with van der Waals surface area (Å²) in [6, 6.07) is 20.2. The fraction of sp³-hybridized carbons (Fsp3) is 0.107. The molecule has 2 nitrogen and oxygen atoms in total. The Morgan fingerprint density at radius 1 is 0.767 bits per heavy atom. The highest BCUT2D eigenvalue weighted by molar-refractivity contribution is 6.18. The Hall–Kier alpha value is -3.65. The summed E-state index contributed by atoms with van der Waals surface area (Å²) in [6.07, 6.45) is 6.19. The van der Waals surface area contributed by atoms with Crippen LogP contribution in [0.1, 0.15) is 38.9 Å². The molecule has 3 aromatic carbocycles. The minimum atomic E-state index is -0.0101. The Morgan fingerprint density at radius 2 is 1.40 bits per heavy atom. The zero-order valence-corrected chi connectivity index (χ0v) is 17.1. The molecule has 2 aliphatic rings. The SMILES string of the molecule is Cc1ccc2c(c1)Cc1cc(C)ccc1C2=C1C=C(c2ccccc2O)C=CC1=O. The highest BCUT2D eigenvalue weighted by Gasteiger charge is 2.26. The van der Waals surface area contributed by atoms with Crippen molar-refractivity contribution in [1.82, 2.24) is 0 Å². The second-order valence-corrected chi connectivity index (χ2v) is 8.10. The summed E-state index contributed by atoms with van der Waals surface area (Å²) in [5, 5.41) is 10.3. The molecule has 146 valence electrons. The minimum Gasteiger partial charge on any atom is -0.507 e. The number of benzene rings is 3. The number of phenols is 1. The number of para-hydroxylation sites is 1. The molecule has 1 N–H and O–H groups in total. The summed E-state index contributed by atoms with van der Waals surface area (Å²) in [4.78, 5) is 13.1. The van der Waals surface area contributed by atoms with E-state index in [0.717, 1.165) is 34.3 Å². The third kappa shape index (κ3) is 3.02. The number of aryl methyl sites for hydroxylation is 2. The van der Waals surface area contributed by atoms with Gasteiger partial charge < -0.3 is 5.11 Å². The second-order valence-electron chi connectivity index (χ2n) is 8.10. The lowest BCUT2D eigenvalue weighted by Crippen LogP contribution is -2.13. The van der Waals surface area contributed by atoms with Gasteiger partial charge in [0.05, 0.1) is 0 Å². The van der Waals surface area contributed by atoms with E-state index in [-0.39, 0.29) is 11.5 Å². The van der Waals surface area contributed by atoms with E-state index < -0.39 is 0 Å². The van der Waals surface area contributed by atoms with Gasteiger partial charge in [0, 0.05) is 16.7 Å². The predicted molar refractivity (Wildman–Crippen MR) is 121 cm³/mol. The Bertz CT molecular complexity index is 1250. The zero-order valence-electron chi connectivity index (χ0n) is 17.1. The Kier molecular flexibility index (Phi) is 4.29. The maximum Gasteiger partial charge on any atom is 0.186 e. The van der Waals surface area contributed by atoms with Crippen LogP contribution in [0.15, 0.2) is 84.5 Å². The molecule has 0 aliphatic heterocycles. The molecule has 30 heavy (non-hydrogen) atoms. The number of phenolic OH excluding ortho intramolecular Hbond substituents is 1. The average Bonchev–Trinajstić information content (AvgIpc) is 2.73. The van der Waals surface area contributed by atoms with E-state index in [9.17, 15) is 9.90 Å². The first-order valence-corrected chi connectivity index (χ1v) is 10.2. The fourth-order valence-electron chi connectivity index (χ4n) is 4.48. The van der Waals surface area contributed by atoms with E-state index in [1.807, 2.05) is 18.2 Å². The number of hydrogen-bond acceptors (Lipinski definition) is 2. The summed E-state index contributed by atoms with van der Waals surface area (Å²) in [5.41, 5.74) is 10.4. The molecule has 0 saturated heterocycles. The Labute approximate surface area is 176 Å². The molecule has 0 saturated carbocycles. The van der Waals surface area contributed by atoms with Crippen LogP contribution in [0.2, 0.25) is 0 Å². The molecule has 2 heteroatoms. The normalized spacial score (nSPS) is 15.0. The van der Waals surface area contributed by atoms with Gasteiger partial charge in [-0.25, -0.2) is 0 Å². The van der Waals surface area contributed by atoms with Crippen LogP contribution in [-0.2, 0) is 11.2 Å². The largest absolute Gasteiger partial charge is 0.507 e. The van der Waals surface area contributed by atoms with E-state index in [0.29, 0.717) is 5.57 Å². The van der Waals surface area contributed by atoms with Gasteiger partial charge in [0.2, 0.25) is 0 Å². The number of rotatable bonds is 1. The molecule has 0 fully saturated rings. The molecular weight excluding hydrogens is 368 g/mol. The van der Waals surface area contributed by atoms with Gasteiger partial charge in [-0.05, 0) is 66.3 Å². The minimum absolute atomic E-state index is 0.0101. The van der Waals surface area contributed by atoms with Gasteiger partial charge in [0.15, 0.2) is 5.78 Å². The number of carbonyl (C=O) groups is 1. The lowest BCUT2D eigenvalue weighted by Gasteiger charge is -2.26. The van der Waals surface area contributed by atoms with Gasteiger partial charge in [-0.2, -0.15) is 0 Å². The molecule has 5 rings (SSSR count). The topological polar surface area (TPSA) is 37.3 Å². The summed E-state index contributed by atoms with van der Waals surface area (Å²) >= 11 is 0. The number of fused-ring (bicyclic) bond motifs is 2. The van der Waals surface area contributed by atoms with Crippen LogP contribution < -0.4 is 0 Å². The van der Waals surface area contributed by atoms with Gasteiger partial charge in [0.1, 0.15) is 5.75 Å². The number of ketones is 1. The monoisotopic (exact) mass is 390 g/mol. The standard InChI is InChI=1S/C28H22O2/c1-17-7-10-23-20(13-17)15-21-14-18(2)8-11-24(21)28(23)25-16-19(9-12-27(25)30)22-5-3-4-6-26(22)29/h3-14,16,29H,15H2,1-2H3. The summed E-state index contributed by atoms with van der Waals surface area (Å²) in [7, 11) is 0. The summed E-state index contributed by atoms with van der Waals surface area (Å²) < 4.78 is 0. The van der Waals surface area contributed by atoms with Crippen LogP contribution in [0, 0.1) is 13.8 Å². The van der Waals surface area contributed by atoms with Crippen molar-refractivity contribution in [2.24, 2.45) is 0 Å². The van der Waals surface area contributed by atoms with E-state index in [1.54, 1.807) is 24.3 Å². The molecular formula is C28H22O2. The first-order chi connectivity index (χ1) is 14.5. The third-order valence-corrected chi connectivity index (χ3v) is 5.91. The quantitative estimate of drug-likeness (QED) is 0.409. The molecule has 0 heterocycles. The van der Waals surface area contributed by atoms with Crippen LogP contribution in [0.3, 0.4) is 0 Å². The van der Waals surface area contributed by atoms with E-state index in [2.05, 4.69) is 50.2 Å². The lowest BCUT2D eigenvalue weighted by atomic mass is 9.77. The van der Waals surface area contributed by atoms with Crippen LogP contribution in [0.5, 0.6) is 5.75 Å². The molecule has 0 bridgehead atoms. The Balaban J connectivity index is 1.80. The van der Waals surface area contributed by atoms with Gasteiger partial charge in [-0.1, -0.05) is 71.8 Å². The maximum atomic E-state index is 13.1. The number of allylic oxidation sites excluding steroid dienone is 5. The van der Waals surface area contributed by atoms with Crippen LogP contribution in [-0.4, -0.2) is 10.9 Å². The van der Waals surface area contributed by atoms with Crippen LogP contribution in [0.4, 0.5) is 0 Å². The summed E-state index contributed by atoms with van der Waals surface area (Å²) in [5.74, 6) is 0.201. The van der Waals surface area contributed by atoms with Crippen molar-refractivity contribution >= 4 is 16.9 Å². The van der Waals surface area contributed by atoms with Crippen molar-refractivity contribution in [3.8, 4) is 5.75 Å². The number of aromatic hydroxyl groups is 1. The zero-order chi connectivity index (χ0) is 20.8. The van der Waals surface area contributed by atoms with Crippen molar-refractivity contribution in [1.29, 1.82) is 0 Å². The van der Waals surface area contributed by atoms with Crippen molar-refractivity contribution in [3.05, 3.63) is 123 Å². The maximum absolute atomic E-state index is 13.1. The highest BCUT2D eigenvalue weighted by Crippen LogP contribution is 2.41. The lowest BCUT2D eigenvalue weighted by molar-refractivity contribution is -0.111. The van der Waals surface area contributed by atoms with Crippen molar-refractivity contribution in [2.75, 3.05) is 0 Å². The van der Waals surface area contributed by atoms with Gasteiger partial charge >= 0.3 is 0 Å². The first kappa shape index (κ1) is 18.4.